The Kier molecular flexibility index (Phi) is 4.18. The molecular weight excluding hydrogens is 170 g/mol. The second-order valence-electron chi connectivity index (χ2n) is 2.69. The first-order chi connectivity index (χ1) is 5.83. The molecule has 4 heteroatoms. The van der Waals surface area contributed by atoms with Gasteiger partial charge in [-0.1, -0.05) is 0 Å². The van der Waals surface area contributed by atoms with Gasteiger partial charge in [0.1, 0.15) is 0 Å². The molecule has 68 valence electrons. The normalized spacial score (nSPS) is 10.5. The van der Waals surface area contributed by atoms with Crippen molar-refractivity contribution in [1.82, 2.24) is 15.1 Å². The number of hydrogen-bond acceptors (Lipinski definition) is 3. The lowest BCUT2D eigenvalue weighted by atomic mass is 10.3. The fourth-order valence-electron chi connectivity index (χ4n) is 0.970. The zero-order valence-electron chi connectivity index (χ0n) is 7.58. The van der Waals surface area contributed by atoms with Gasteiger partial charge in [-0.25, -0.2) is 0 Å². The molecule has 0 saturated carbocycles. The monoisotopic (exact) mass is 185 g/mol. The summed E-state index contributed by atoms with van der Waals surface area (Å²) in [6, 6.07) is 0. The van der Waals surface area contributed by atoms with E-state index in [1.54, 1.807) is 0 Å². The van der Waals surface area contributed by atoms with E-state index in [-0.39, 0.29) is 0 Å². The second kappa shape index (κ2) is 5.22. The van der Waals surface area contributed by atoms with E-state index < -0.39 is 0 Å². The molecule has 0 bridgehead atoms. The van der Waals surface area contributed by atoms with E-state index in [1.807, 2.05) is 35.9 Å². The molecule has 0 amide bonds. The van der Waals surface area contributed by atoms with Gasteiger partial charge in [0.2, 0.25) is 0 Å². The summed E-state index contributed by atoms with van der Waals surface area (Å²) in [5.74, 6) is 1.17. The van der Waals surface area contributed by atoms with Crippen molar-refractivity contribution in [3.8, 4) is 0 Å². The SMILES string of the molecule is CSCCNCc1cnn(C)c1. The van der Waals surface area contributed by atoms with Gasteiger partial charge >= 0.3 is 0 Å². The second-order valence-corrected chi connectivity index (χ2v) is 3.68. The maximum Gasteiger partial charge on any atom is 0.0534 e. The third-order valence-corrected chi connectivity index (χ3v) is 2.18. The van der Waals surface area contributed by atoms with Gasteiger partial charge < -0.3 is 5.32 Å². The van der Waals surface area contributed by atoms with Crippen LogP contribution in [0.5, 0.6) is 0 Å². The Labute approximate surface area is 77.5 Å². The Morgan fingerprint density at radius 3 is 3.08 bits per heavy atom. The van der Waals surface area contributed by atoms with E-state index in [2.05, 4.69) is 16.7 Å². The Morgan fingerprint density at radius 2 is 2.50 bits per heavy atom. The third-order valence-electron chi connectivity index (χ3n) is 1.57. The van der Waals surface area contributed by atoms with E-state index in [0.717, 1.165) is 13.1 Å². The van der Waals surface area contributed by atoms with Gasteiger partial charge in [0.05, 0.1) is 6.20 Å². The summed E-state index contributed by atoms with van der Waals surface area (Å²) in [5.41, 5.74) is 1.25. The average Bonchev–Trinajstić information content (AvgIpc) is 2.45. The highest BCUT2D eigenvalue weighted by Gasteiger charge is 1.93. The molecule has 0 fully saturated rings. The van der Waals surface area contributed by atoms with Gasteiger partial charge in [-0.15, -0.1) is 0 Å². The van der Waals surface area contributed by atoms with Crippen molar-refractivity contribution in [2.24, 2.45) is 7.05 Å². The zero-order valence-corrected chi connectivity index (χ0v) is 8.40. The van der Waals surface area contributed by atoms with Gasteiger partial charge in [0, 0.05) is 37.7 Å². The van der Waals surface area contributed by atoms with Crippen molar-refractivity contribution >= 4 is 11.8 Å². The topological polar surface area (TPSA) is 29.9 Å². The molecule has 12 heavy (non-hydrogen) atoms. The highest BCUT2D eigenvalue weighted by Crippen LogP contribution is 1.95. The van der Waals surface area contributed by atoms with Crippen LogP contribution in [0.15, 0.2) is 12.4 Å². The van der Waals surface area contributed by atoms with Crippen LogP contribution in [0, 0.1) is 0 Å². The number of aryl methyl sites for hydroxylation is 1. The van der Waals surface area contributed by atoms with Crippen LogP contribution < -0.4 is 5.32 Å². The summed E-state index contributed by atoms with van der Waals surface area (Å²) < 4.78 is 1.82. The molecule has 1 N–H and O–H groups in total. The number of thioether (sulfide) groups is 1. The Hall–Kier alpha value is -0.480. The van der Waals surface area contributed by atoms with Crippen LogP contribution in [0.4, 0.5) is 0 Å². The van der Waals surface area contributed by atoms with Crippen molar-refractivity contribution in [2.45, 2.75) is 6.54 Å². The molecule has 0 aliphatic heterocycles. The lowest BCUT2D eigenvalue weighted by Crippen LogP contribution is -2.15. The lowest BCUT2D eigenvalue weighted by molar-refractivity contribution is 0.728. The van der Waals surface area contributed by atoms with Crippen LogP contribution in [0.3, 0.4) is 0 Å². The Morgan fingerprint density at radius 1 is 1.67 bits per heavy atom. The Balaban J connectivity index is 2.15. The number of rotatable bonds is 5. The minimum atomic E-state index is 0.925. The van der Waals surface area contributed by atoms with Crippen LogP contribution in [0.25, 0.3) is 0 Å². The zero-order chi connectivity index (χ0) is 8.81. The van der Waals surface area contributed by atoms with Crippen LogP contribution in [0.2, 0.25) is 0 Å². The highest BCUT2D eigenvalue weighted by molar-refractivity contribution is 7.98. The maximum absolute atomic E-state index is 4.09. The summed E-state index contributed by atoms with van der Waals surface area (Å²) >= 11 is 1.86. The summed E-state index contributed by atoms with van der Waals surface area (Å²) in [5, 5.41) is 7.43. The predicted octanol–water partition coefficient (Wildman–Crippen LogP) is 0.873. The first-order valence-electron chi connectivity index (χ1n) is 4.00. The fraction of sp³-hybridized carbons (Fsp3) is 0.625. The summed E-state index contributed by atoms with van der Waals surface area (Å²) in [6.45, 7) is 1.99. The van der Waals surface area contributed by atoms with Crippen molar-refractivity contribution in [1.29, 1.82) is 0 Å². The van der Waals surface area contributed by atoms with Gasteiger partial charge in [0.25, 0.3) is 0 Å². The molecule has 0 saturated heterocycles. The van der Waals surface area contributed by atoms with Gasteiger partial charge in [0.15, 0.2) is 0 Å². The molecule has 0 atom stereocenters. The number of nitrogens with one attached hydrogen (secondary N) is 1. The molecule has 0 aromatic carbocycles. The molecule has 1 heterocycles. The number of nitrogens with zero attached hydrogens (tertiary/aromatic N) is 2. The first kappa shape index (κ1) is 9.61. The van der Waals surface area contributed by atoms with Crippen LogP contribution in [0.1, 0.15) is 5.56 Å². The molecule has 3 nitrogen and oxygen atoms in total. The largest absolute Gasteiger partial charge is 0.312 e. The fourth-order valence-corrected chi connectivity index (χ4v) is 1.32. The van der Waals surface area contributed by atoms with E-state index in [4.69, 9.17) is 0 Å². The van der Waals surface area contributed by atoms with Crippen LogP contribution in [-0.2, 0) is 13.6 Å². The van der Waals surface area contributed by atoms with Gasteiger partial charge in [-0.05, 0) is 6.26 Å². The van der Waals surface area contributed by atoms with Crippen LogP contribution >= 0.6 is 11.8 Å². The molecule has 0 spiro atoms. The van der Waals surface area contributed by atoms with Gasteiger partial charge in [-0.2, -0.15) is 16.9 Å². The van der Waals surface area contributed by atoms with Crippen molar-refractivity contribution < 1.29 is 0 Å². The highest BCUT2D eigenvalue weighted by atomic mass is 32.2. The Bertz CT molecular complexity index is 222. The quantitative estimate of drug-likeness (QED) is 0.690. The summed E-state index contributed by atoms with van der Waals surface area (Å²) in [4.78, 5) is 0. The van der Waals surface area contributed by atoms with E-state index in [9.17, 15) is 0 Å². The molecule has 0 aliphatic carbocycles. The smallest absolute Gasteiger partial charge is 0.0534 e. The lowest BCUT2D eigenvalue weighted by Gasteiger charge is -1.99. The number of hydrogen-bond donors (Lipinski definition) is 1. The first-order valence-corrected chi connectivity index (χ1v) is 5.39. The van der Waals surface area contributed by atoms with Crippen LogP contribution in [-0.4, -0.2) is 28.3 Å². The minimum absolute atomic E-state index is 0.925. The summed E-state index contributed by atoms with van der Waals surface area (Å²) in [6.07, 6.45) is 6.05. The molecule has 1 aromatic rings. The molecule has 1 rings (SSSR count). The molecule has 0 radical (unpaired) electrons. The summed E-state index contributed by atoms with van der Waals surface area (Å²) in [7, 11) is 1.94. The van der Waals surface area contributed by atoms with E-state index >= 15 is 0 Å². The van der Waals surface area contributed by atoms with Crippen molar-refractivity contribution in [3.05, 3.63) is 18.0 Å². The predicted molar refractivity (Wildman–Crippen MR) is 53.3 cm³/mol. The molecular formula is C8H15N3S. The minimum Gasteiger partial charge on any atom is -0.312 e. The maximum atomic E-state index is 4.09. The molecule has 0 aliphatic rings. The third kappa shape index (κ3) is 3.28. The average molecular weight is 185 g/mol. The van der Waals surface area contributed by atoms with Crippen molar-refractivity contribution in [3.63, 3.8) is 0 Å². The van der Waals surface area contributed by atoms with Gasteiger partial charge in [-0.3, -0.25) is 4.68 Å². The standard InChI is InChI=1S/C8H15N3S/c1-11-7-8(6-10-11)5-9-3-4-12-2/h6-7,9H,3-5H2,1-2H3. The van der Waals surface area contributed by atoms with E-state index in [0.29, 0.717) is 0 Å². The van der Waals surface area contributed by atoms with E-state index in [1.165, 1.54) is 11.3 Å². The van der Waals surface area contributed by atoms with Crippen molar-refractivity contribution in [2.75, 3.05) is 18.6 Å². The molecule has 0 unspecified atom stereocenters. The molecule has 1 aromatic heterocycles. The number of aromatic nitrogens is 2.